The van der Waals surface area contributed by atoms with Crippen LogP contribution in [0.4, 0.5) is 5.69 Å². The number of hydrogen-bond donors (Lipinski definition) is 1. The predicted octanol–water partition coefficient (Wildman–Crippen LogP) is 3.02. The third-order valence-corrected chi connectivity index (χ3v) is 3.84. The molecular formula is C14H19NO2. The second kappa shape index (κ2) is 4.00. The largest absolute Gasteiger partial charge is 0.398 e. The smallest absolute Gasteiger partial charge is 0.169 e. The number of anilines is 1. The van der Waals surface area contributed by atoms with Crippen molar-refractivity contribution in [2.75, 3.05) is 5.73 Å². The molecule has 1 heterocycles. The van der Waals surface area contributed by atoms with Gasteiger partial charge >= 0.3 is 0 Å². The lowest BCUT2D eigenvalue weighted by Crippen LogP contribution is -2.26. The van der Waals surface area contributed by atoms with Crippen LogP contribution in [0.25, 0.3) is 0 Å². The summed E-state index contributed by atoms with van der Waals surface area (Å²) in [5, 5.41) is 0. The molecule has 2 fully saturated rings. The number of para-hydroxylation sites is 1. The SMILES string of the molecule is CC1OC2(CCCC2)OC1c1ccccc1N. The zero-order chi connectivity index (χ0) is 11.9. The highest BCUT2D eigenvalue weighted by atomic mass is 16.8. The van der Waals surface area contributed by atoms with E-state index in [0.717, 1.165) is 24.1 Å². The molecule has 17 heavy (non-hydrogen) atoms. The topological polar surface area (TPSA) is 44.5 Å². The van der Waals surface area contributed by atoms with Crippen LogP contribution in [0, 0.1) is 0 Å². The van der Waals surface area contributed by atoms with Crippen LogP contribution < -0.4 is 5.73 Å². The highest BCUT2D eigenvalue weighted by Gasteiger charge is 2.48. The Balaban J connectivity index is 1.87. The Morgan fingerprint density at radius 1 is 1.18 bits per heavy atom. The second-order valence-corrected chi connectivity index (χ2v) is 5.11. The van der Waals surface area contributed by atoms with Crippen molar-refractivity contribution in [1.82, 2.24) is 0 Å². The van der Waals surface area contributed by atoms with Crippen molar-refractivity contribution in [3.8, 4) is 0 Å². The maximum absolute atomic E-state index is 6.19. The average Bonchev–Trinajstić information content (AvgIpc) is 2.88. The van der Waals surface area contributed by atoms with Crippen molar-refractivity contribution >= 4 is 5.69 Å². The Kier molecular flexibility index (Phi) is 2.60. The van der Waals surface area contributed by atoms with E-state index >= 15 is 0 Å². The van der Waals surface area contributed by atoms with Gasteiger partial charge in [0, 0.05) is 24.1 Å². The molecule has 2 N–H and O–H groups in total. The summed E-state index contributed by atoms with van der Waals surface area (Å²) in [6.07, 6.45) is 4.49. The summed E-state index contributed by atoms with van der Waals surface area (Å²) in [5.74, 6) is -0.327. The van der Waals surface area contributed by atoms with Gasteiger partial charge in [0.2, 0.25) is 0 Å². The highest BCUT2D eigenvalue weighted by molar-refractivity contribution is 5.48. The lowest BCUT2D eigenvalue weighted by molar-refractivity contribution is -0.168. The van der Waals surface area contributed by atoms with Gasteiger partial charge < -0.3 is 15.2 Å². The quantitative estimate of drug-likeness (QED) is 0.758. The molecule has 1 aromatic carbocycles. The molecule has 0 bridgehead atoms. The summed E-state index contributed by atoms with van der Waals surface area (Å²) in [6, 6.07) is 7.91. The Morgan fingerprint density at radius 3 is 2.59 bits per heavy atom. The van der Waals surface area contributed by atoms with Gasteiger partial charge in [-0.1, -0.05) is 18.2 Å². The van der Waals surface area contributed by atoms with E-state index in [1.807, 2.05) is 24.3 Å². The molecule has 2 unspecified atom stereocenters. The Labute approximate surface area is 102 Å². The summed E-state index contributed by atoms with van der Waals surface area (Å²) in [7, 11) is 0. The molecule has 1 aliphatic carbocycles. The van der Waals surface area contributed by atoms with Gasteiger partial charge in [0.1, 0.15) is 6.10 Å². The zero-order valence-corrected chi connectivity index (χ0v) is 10.2. The molecule has 1 saturated carbocycles. The lowest BCUT2D eigenvalue weighted by atomic mass is 10.0. The number of benzene rings is 1. The number of ether oxygens (including phenoxy) is 2. The van der Waals surface area contributed by atoms with Gasteiger partial charge in [0.15, 0.2) is 5.79 Å². The molecule has 2 aliphatic rings. The minimum absolute atomic E-state index is 0.0192. The van der Waals surface area contributed by atoms with Crippen LogP contribution in [0.1, 0.15) is 44.3 Å². The van der Waals surface area contributed by atoms with Crippen molar-refractivity contribution in [3.63, 3.8) is 0 Å². The first kappa shape index (κ1) is 11.1. The molecule has 0 aromatic heterocycles. The first-order chi connectivity index (χ1) is 8.20. The van der Waals surface area contributed by atoms with E-state index in [0.29, 0.717) is 0 Å². The maximum Gasteiger partial charge on any atom is 0.169 e. The van der Waals surface area contributed by atoms with E-state index in [2.05, 4.69) is 6.92 Å². The third-order valence-electron chi connectivity index (χ3n) is 3.84. The van der Waals surface area contributed by atoms with Gasteiger partial charge in [-0.15, -0.1) is 0 Å². The zero-order valence-electron chi connectivity index (χ0n) is 10.2. The molecule has 1 aromatic rings. The molecule has 3 heteroatoms. The van der Waals surface area contributed by atoms with Crippen molar-refractivity contribution in [1.29, 1.82) is 0 Å². The van der Waals surface area contributed by atoms with Gasteiger partial charge in [-0.3, -0.25) is 0 Å². The van der Waals surface area contributed by atoms with E-state index in [1.165, 1.54) is 12.8 Å². The summed E-state index contributed by atoms with van der Waals surface area (Å²) in [6.45, 7) is 2.07. The number of nitrogen functional groups attached to an aromatic ring is 1. The fourth-order valence-electron chi connectivity index (χ4n) is 2.99. The van der Waals surface area contributed by atoms with Crippen LogP contribution in [-0.4, -0.2) is 11.9 Å². The number of rotatable bonds is 1. The van der Waals surface area contributed by atoms with Crippen LogP contribution in [0.5, 0.6) is 0 Å². The lowest BCUT2D eigenvalue weighted by Gasteiger charge is -2.22. The van der Waals surface area contributed by atoms with Gasteiger partial charge in [-0.2, -0.15) is 0 Å². The molecule has 0 radical (unpaired) electrons. The van der Waals surface area contributed by atoms with Crippen molar-refractivity contribution < 1.29 is 9.47 Å². The third kappa shape index (κ3) is 1.83. The number of nitrogens with two attached hydrogens (primary N) is 1. The van der Waals surface area contributed by atoms with Crippen molar-refractivity contribution in [2.24, 2.45) is 0 Å². The first-order valence-corrected chi connectivity index (χ1v) is 6.40. The fourth-order valence-corrected chi connectivity index (χ4v) is 2.99. The fraction of sp³-hybridized carbons (Fsp3) is 0.571. The van der Waals surface area contributed by atoms with Crippen LogP contribution in [0.3, 0.4) is 0 Å². The molecule has 1 aliphatic heterocycles. The standard InChI is InChI=1S/C14H19NO2/c1-10-13(11-6-2-3-7-12(11)15)17-14(16-10)8-4-5-9-14/h2-3,6-7,10,13H,4-5,8-9,15H2,1H3. The van der Waals surface area contributed by atoms with Crippen LogP contribution in [0.2, 0.25) is 0 Å². The monoisotopic (exact) mass is 233 g/mol. The van der Waals surface area contributed by atoms with Gasteiger partial charge in [0.05, 0.1) is 6.10 Å². The molecule has 3 nitrogen and oxygen atoms in total. The van der Waals surface area contributed by atoms with Gasteiger partial charge in [0.25, 0.3) is 0 Å². The van der Waals surface area contributed by atoms with E-state index < -0.39 is 0 Å². The maximum atomic E-state index is 6.19. The number of hydrogen-bond acceptors (Lipinski definition) is 3. The van der Waals surface area contributed by atoms with E-state index in [4.69, 9.17) is 15.2 Å². The van der Waals surface area contributed by atoms with Crippen LogP contribution >= 0.6 is 0 Å². The molecule has 92 valence electrons. The van der Waals surface area contributed by atoms with Crippen LogP contribution in [-0.2, 0) is 9.47 Å². The van der Waals surface area contributed by atoms with Crippen molar-refractivity contribution in [3.05, 3.63) is 29.8 Å². The van der Waals surface area contributed by atoms with E-state index in [-0.39, 0.29) is 18.0 Å². The predicted molar refractivity (Wildman–Crippen MR) is 66.4 cm³/mol. The molecule has 1 spiro atoms. The highest BCUT2D eigenvalue weighted by Crippen LogP contribution is 2.47. The van der Waals surface area contributed by atoms with Gasteiger partial charge in [-0.05, 0) is 25.8 Å². The molecule has 2 atom stereocenters. The summed E-state index contributed by atoms with van der Waals surface area (Å²) < 4.78 is 12.2. The van der Waals surface area contributed by atoms with Crippen LogP contribution in [0.15, 0.2) is 24.3 Å². The van der Waals surface area contributed by atoms with E-state index in [1.54, 1.807) is 0 Å². The molecule has 0 amide bonds. The van der Waals surface area contributed by atoms with E-state index in [9.17, 15) is 0 Å². The minimum atomic E-state index is -0.327. The van der Waals surface area contributed by atoms with Crippen molar-refractivity contribution in [2.45, 2.75) is 50.6 Å². The Morgan fingerprint density at radius 2 is 1.88 bits per heavy atom. The second-order valence-electron chi connectivity index (χ2n) is 5.11. The summed E-state index contributed by atoms with van der Waals surface area (Å²) in [5.41, 5.74) is 7.87. The average molecular weight is 233 g/mol. The normalized spacial score (nSPS) is 31.1. The summed E-state index contributed by atoms with van der Waals surface area (Å²) in [4.78, 5) is 0. The summed E-state index contributed by atoms with van der Waals surface area (Å²) >= 11 is 0. The van der Waals surface area contributed by atoms with Gasteiger partial charge in [-0.25, -0.2) is 0 Å². The molecular weight excluding hydrogens is 214 g/mol. The first-order valence-electron chi connectivity index (χ1n) is 6.40. The Bertz CT molecular complexity index is 412. The molecule has 1 saturated heterocycles. The minimum Gasteiger partial charge on any atom is -0.398 e. The Hall–Kier alpha value is -1.06. The molecule has 3 rings (SSSR count).